The second-order valence-electron chi connectivity index (χ2n) is 4.54. The van der Waals surface area contributed by atoms with Crippen molar-refractivity contribution >= 4 is 11.3 Å². The maximum atomic E-state index is 4.64. The van der Waals surface area contributed by atoms with Crippen molar-refractivity contribution in [2.24, 2.45) is 0 Å². The van der Waals surface area contributed by atoms with Gasteiger partial charge in [-0.25, -0.2) is 4.98 Å². The van der Waals surface area contributed by atoms with Gasteiger partial charge in [-0.3, -0.25) is 0 Å². The third-order valence-corrected chi connectivity index (χ3v) is 4.38. The van der Waals surface area contributed by atoms with Crippen molar-refractivity contribution < 1.29 is 0 Å². The molecule has 1 atom stereocenters. The lowest BCUT2D eigenvalue weighted by molar-refractivity contribution is 0.568. The number of hydrogen-bond acceptors (Lipinski definition) is 3. The van der Waals surface area contributed by atoms with Gasteiger partial charge in [-0.05, 0) is 25.0 Å². The smallest absolute Gasteiger partial charge is 0.0900 e. The van der Waals surface area contributed by atoms with Crippen molar-refractivity contribution in [3.63, 3.8) is 0 Å². The molecule has 3 rings (SSSR count). The van der Waals surface area contributed by atoms with Crippen LogP contribution in [0.25, 0.3) is 0 Å². The number of aryl methyl sites for hydroxylation is 2. The summed E-state index contributed by atoms with van der Waals surface area (Å²) in [5, 5.41) is 4.79. The molecular formula is C14H16N2S. The van der Waals surface area contributed by atoms with Gasteiger partial charge in [-0.15, -0.1) is 11.3 Å². The molecule has 17 heavy (non-hydrogen) atoms. The zero-order valence-electron chi connectivity index (χ0n) is 10.2. The molecule has 2 aromatic rings. The molecule has 0 spiro atoms. The highest BCUT2D eigenvalue weighted by molar-refractivity contribution is 7.11. The van der Waals surface area contributed by atoms with E-state index in [2.05, 4.69) is 48.4 Å². The fraction of sp³-hybridized carbons (Fsp3) is 0.357. The molecule has 0 saturated heterocycles. The van der Waals surface area contributed by atoms with Crippen LogP contribution < -0.4 is 5.32 Å². The van der Waals surface area contributed by atoms with Crippen LogP contribution in [0.15, 0.2) is 24.3 Å². The minimum absolute atomic E-state index is 0.339. The number of rotatable bonds is 1. The third kappa shape index (κ3) is 1.90. The van der Waals surface area contributed by atoms with Crippen LogP contribution in [0, 0.1) is 13.8 Å². The summed E-state index contributed by atoms with van der Waals surface area (Å²) >= 11 is 1.83. The highest BCUT2D eigenvalue weighted by atomic mass is 32.1. The summed E-state index contributed by atoms with van der Waals surface area (Å²) in [7, 11) is 0. The van der Waals surface area contributed by atoms with Crippen molar-refractivity contribution in [2.75, 3.05) is 6.54 Å². The van der Waals surface area contributed by atoms with E-state index in [9.17, 15) is 0 Å². The first kappa shape index (κ1) is 10.9. The van der Waals surface area contributed by atoms with Crippen LogP contribution in [0.2, 0.25) is 0 Å². The molecule has 1 aromatic heterocycles. The zero-order valence-corrected chi connectivity index (χ0v) is 11.0. The number of fused-ring (bicyclic) bond motifs is 1. The van der Waals surface area contributed by atoms with Gasteiger partial charge in [0.25, 0.3) is 0 Å². The van der Waals surface area contributed by atoms with Gasteiger partial charge in [-0.1, -0.05) is 24.3 Å². The number of nitrogens with one attached hydrogen (secondary N) is 1. The van der Waals surface area contributed by atoms with Crippen molar-refractivity contribution in [3.05, 3.63) is 51.0 Å². The Labute approximate surface area is 106 Å². The first-order valence-corrected chi connectivity index (χ1v) is 6.82. The average Bonchev–Trinajstić information content (AvgIpc) is 2.70. The van der Waals surface area contributed by atoms with E-state index in [1.807, 2.05) is 11.3 Å². The van der Waals surface area contributed by atoms with Crippen LogP contribution in [0.4, 0.5) is 0 Å². The normalized spacial score (nSPS) is 19.1. The van der Waals surface area contributed by atoms with E-state index >= 15 is 0 Å². The molecule has 2 nitrogen and oxygen atoms in total. The second-order valence-corrected chi connectivity index (χ2v) is 5.77. The Balaban J connectivity index is 2.09. The zero-order chi connectivity index (χ0) is 11.8. The van der Waals surface area contributed by atoms with E-state index in [0.717, 1.165) is 13.0 Å². The minimum atomic E-state index is 0.339. The van der Waals surface area contributed by atoms with Crippen LogP contribution in [0.1, 0.15) is 32.7 Å². The van der Waals surface area contributed by atoms with Gasteiger partial charge in [0.1, 0.15) is 0 Å². The summed E-state index contributed by atoms with van der Waals surface area (Å²) < 4.78 is 0. The van der Waals surface area contributed by atoms with Gasteiger partial charge in [0.2, 0.25) is 0 Å². The molecule has 0 saturated carbocycles. The maximum Gasteiger partial charge on any atom is 0.0900 e. The SMILES string of the molecule is Cc1nc2c(s1)C(c1ccccc1C)NCC2. The van der Waals surface area contributed by atoms with Gasteiger partial charge in [0.05, 0.1) is 16.7 Å². The van der Waals surface area contributed by atoms with Crippen molar-refractivity contribution in [2.45, 2.75) is 26.3 Å². The van der Waals surface area contributed by atoms with E-state index in [0.29, 0.717) is 6.04 Å². The summed E-state index contributed by atoms with van der Waals surface area (Å²) in [6, 6.07) is 8.95. The summed E-state index contributed by atoms with van der Waals surface area (Å²) in [6.45, 7) is 5.30. The Morgan fingerprint density at radius 3 is 2.94 bits per heavy atom. The summed E-state index contributed by atoms with van der Waals surface area (Å²) in [5.74, 6) is 0. The Morgan fingerprint density at radius 1 is 1.29 bits per heavy atom. The molecule has 1 aromatic carbocycles. The monoisotopic (exact) mass is 244 g/mol. The van der Waals surface area contributed by atoms with E-state index in [1.165, 1.54) is 26.7 Å². The third-order valence-electron chi connectivity index (χ3n) is 3.31. The van der Waals surface area contributed by atoms with Crippen molar-refractivity contribution in [1.82, 2.24) is 10.3 Å². The van der Waals surface area contributed by atoms with Gasteiger partial charge >= 0.3 is 0 Å². The standard InChI is InChI=1S/C14H16N2S/c1-9-5-3-4-6-11(9)13-14-12(7-8-15-13)16-10(2)17-14/h3-6,13,15H,7-8H2,1-2H3. The maximum absolute atomic E-state index is 4.64. The fourth-order valence-corrected chi connectivity index (χ4v) is 3.55. The lowest BCUT2D eigenvalue weighted by Crippen LogP contribution is -2.30. The predicted molar refractivity (Wildman–Crippen MR) is 71.6 cm³/mol. The molecule has 0 aliphatic carbocycles. The Morgan fingerprint density at radius 2 is 2.12 bits per heavy atom. The van der Waals surface area contributed by atoms with Crippen LogP contribution in [0.3, 0.4) is 0 Å². The molecule has 0 bridgehead atoms. The van der Waals surface area contributed by atoms with Crippen LogP contribution in [0.5, 0.6) is 0 Å². The molecule has 0 radical (unpaired) electrons. The molecule has 0 amide bonds. The van der Waals surface area contributed by atoms with Gasteiger partial charge < -0.3 is 5.32 Å². The summed E-state index contributed by atoms with van der Waals surface area (Å²) in [6.07, 6.45) is 1.06. The Hall–Kier alpha value is -1.19. The largest absolute Gasteiger partial charge is 0.305 e. The van der Waals surface area contributed by atoms with E-state index in [-0.39, 0.29) is 0 Å². The van der Waals surface area contributed by atoms with E-state index in [1.54, 1.807) is 0 Å². The van der Waals surface area contributed by atoms with Gasteiger partial charge in [0, 0.05) is 17.8 Å². The summed E-state index contributed by atoms with van der Waals surface area (Å²) in [5.41, 5.74) is 4.03. The lowest BCUT2D eigenvalue weighted by atomic mass is 9.96. The van der Waals surface area contributed by atoms with E-state index < -0.39 is 0 Å². The average molecular weight is 244 g/mol. The lowest BCUT2D eigenvalue weighted by Gasteiger charge is -2.24. The fourth-order valence-electron chi connectivity index (χ4n) is 2.48. The molecule has 1 aliphatic rings. The van der Waals surface area contributed by atoms with Crippen molar-refractivity contribution in [3.8, 4) is 0 Å². The molecule has 88 valence electrons. The van der Waals surface area contributed by atoms with Gasteiger partial charge in [0.15, 0.2) is 0 Å². The number of nitrogens with zero attached hydrogens (tertiary/aromatic N) is 1. The highest BCUT2D eigenvalue weighted by Gasteiger charge is 2.25. The quantitative estimate of drug-likeness (QED) is 0.834. The second kappa shape index (κ2) is 4.24. The molecule has 2 heterocycles. The minimum Gasteiger partial charge on any atom is -0.305 e. The summed E-state index contributed by atoms with van der Waals surface area (Å²) in [4.78, 5) is 6.04. The van der Waals surface area contributed by atoms with Crippen molar-refractivity contribution in [1.29, 1.82) is 0 Å². The first-order valence-electron chi connectivity index (χ1n) is 6.01. The Kier molecular flexibility index (Phi) is 2.73. The molecule has 1 unspecified atom stereocenters. The predicted octanol–water partition coefficient (Wildman–Crippen LogP) is 3.00. The molecule has 1 aliphatic heterocycles. The number of thiazole rings is 1. The molecule has 1 N–H and O–H groups in total. The van der Waals surface area contributed by atoms with Crippen LogP contribution in [-0.2, 0) is 6.42 Å². The van der Waals surface area contributed by atoms with Crippen LogP contribution in [-0.4, -0.2) is 11.5 Å². The van der Waals surface area contributed by atoms with Gasteiger partial charge in [-0.2, -0.15) is 0 Å². The first-order chi connectivity index (χ1) is 8.25. The number of benzene rings is 1. The molecular weight excluding hydrogens is 228 g/mol. The number of hydrogen-bond donors (Lipinski definition) is 1. The highest BCUT2D eigenvalue weighted by Crippen LogP contribution is 2.34. The topological polar surface area (TPSA) is 24.9 Å². The Bertz CT molecular complexity index is 545. The number of aromatic nitrogens is 1. The molecule has 0 fully saturated rings. The van der Waals surface area contributed by atoms with Crippen LogP contribution >= 0.6 is 11.3 Å². The van der Waals surface area contributed by atoms with E-state index in [4.69, 9.17) is 0 Å². The molecule has 3 heteroatoms.